The molecule has 0 bridgehead atoms. The van der Waals surface area contributed by atoms with Crippen LogP contribution in [0.15, 0.2) is 24.3 Å². The molecule has 2 aromatic rings. The summed E-state index contributed by atoms with van der Waals surface area (Å²) >= 11 is 0. The van der Waals surface area contributed by atoms with E-state index in [1.54, 1.807) is 31.2 Å². The Morgan fingerprint density at radius 2 is 1.56 bits per heavy atom. The number of benzene rings is 2. The summed E-state index contributed by atoms with van der Waals surface area (Å²) in [7, 11) is 0. The molecule has 1 atom stereocenters. The van der Waals surface area contributed by atoms with Crippen LogP contribution in [0.25, 0.3) is 0 Å². The van der Waals surface area contributed by atoms with Crippen molar-refractivity contribution in [3.05, 3.63) is 69.5 Å². The molecule has 0 amide bonds. The maximum Gasteiger partial charge on any atom is 0.341 e. The Bertz CT molecular complexity index is 993. The van der Waals surface area contributed by atoms with Crippen molar-refractivity contribution in [1.29, 1.82) is 0 Å². The molecule has 1 heterocycles. The van der Waals surface area contributed by atoms with Gasteiger partial charge in [-0.05, 0) is 79.5 Å². The van der Waals surface area contributed by atoms with Crippen molar-refractivity contribution in [2.24, 2.45) is 5.92 Å². The smallest absolute Gasteiger partial charge is 0.341 e. The maximum absolute atomic E-state index is 14.9. The number of rotatable bonds is 6. The van der Waals surface area contributed by atoms with Gasteiger partial charge < -0.3 is 4.74 Å². The molecule has 2 nitrogen and oxygen atoms in total. The van der Waals surface area contributed by atoms with Gasteiger partial charge in [-0.2, -0.15) is 0 Å². The lowest BCUT2D eigenvalue weighted by Crippen LogP contribution is -2.26. The van der Waals surface area contributed by atoms with Gasteiger partial charge in [0.15, 0.2) is 11.6 Å². The first-order valence-electron chi connectivity index (χ1n) is 11.9. The Hall–Kier alpha value is -2.30. The molecule has 5 heteroatoms. The van der Waals surface area contributed by atoms with E-state index in [0.29, 0.717) is 29.0 Å². The largest absolute Gasteiger partial charge is 0.459 e. The van der Waals surface area contributed by atoms with E-state index in [1.807, 2.05) is 0 Å². The van der Waals surface area contributed by atoms with Gasteiger partial charge in [0.2, 0.25) is 0 Å². The fraction of sp³-hybridized carbons (Fsp3) is 0.519. The van der Waals surface area contributed by atoms with Crippen molar-refractivity contribution in [2.75, 3.05) is 0 Å². The molecule has 1 saturated carbocycles. The zero-order chi connectivity index (χ0) is 22.8. The topological polar surface area (TPSA) is 26.3 Å². The SMILES string of the molecule is CCCC1CCC(c2ccc(CCc3ccc4c(c3F)C(=O)OC(C)C4)c(F)c2F)CC1. The van der Waals surface area contributed by atoms with Crippen molar-refractivity contribution in [2.45, 2.75) is 83.7 Å². The highest BCUT2D eigenvalue weighted by Gasteiger charge is 2.29. The molecular formula is C27H31F3O2. The number of aryl methyl sites for hydroxylation is 2. The number of fused-ring (bicyclic) bond motifs is 1. The van der Waals surface area contributed by atoms with Crippen LogP contribution in [0.1, 0.15) is 90.9 Å². The summed E-state index contributed by atoms with van der Waals surface area (Å²) < 4.78 is 49.8. The van der Waals surface area contributed by atoms with Crippen LogP contribution in [0.4, 0.5) is 13.2 Å². The number of halogens is 3. The minimum atomic E-state index is -0.829. The van der Waals surface area contributed by atoms with Crippen molar-refractivity contribution >= 4 is 5.97 Å². The van der Waals surface area contributed by atoms with Gasteiger partial charge in [0.05, 0.1) is 5.56 Å². The van der Waals surface area contributed by atoms with Crippen LogP contribution < -0.4 is 0 Å². The summed E-state index contributed by atoms with van der Waals surface area (Å²) in [5.41, 5.74) is 1.62. The Balaban J connectivity index is 1.47. The summed E-state index contributed by atoms with van der Waals surface area (Å²) in [5.74, 6) is -2.09. The monoisotopic (exact) mass is 444 g/mol. The average Bonchev–Trinajstić information content (AvgIpc) is 2.76. The first-order valence-corrected chi connectivity index (χ1v) is 11.9. The van der Waals surface area contributed by atoms with Gasteiger partial charge in [-0.1, -0.05) is 44.0 Å². The van der Waals surface area contributed by atoms with Gasteiger partial charge in [0.25, 0.3) is 0 Å². The summed E-state index contributed by atoms with van der Waals surface area (Å²) in [5, 5.41) is 0. The molecule has 4 rings (SSSR count). The third kappa shape index (κ3) is 4.57. The zero-order valence-electron chi connectivity index (χ0n) is 18.9. The molecule has 0 radical (unpaired) electrons. The average molecular weight is 445 g/mol. The predicted molar refractivity (Wildman–Crippen MR) is 118 cm³/mol. The summed E-state index contributed by atoms with van der Waals surface area (Å²) in [6.45, 7) is 3.95. The Morgan fingerprint density at radius 1 is 0.906 bits per heavy atom. The highest BCUT2D eigenvalue weighted by atomic mass is 19.2. The molecule has 1 aliphatic carbocycles. The predicted octanol–water partition coefficient (Wildman–Crippen LogP) is 7.06. The van der Waals surface area contributed by atoms with E-state index < -0.39 is 23.4 Å². The molecule has 0 N–H and O–H groups in total. The van der Waals surface area contributed by atoms with E-state index in [0.717, 1.165) is 32.1 Å². The molecule has 172 valence electrons. The quantitative estimate of drug-likeness (QED) is 0.446. The third-order valence-electron chi connectivity index (χ3n) is 7.17. The van der Waals surface area contributed by atoms with Gasteiger partial charge >= 0.3 is 5.97 Å². The van der Waals surface area contributed by atoms with Gasteiger partial charge in [-0.15, -0.1) is 0 Å². The van der Waals surface area contributed by atoms with E-state index in [-0.39, 0.29) is 36.0 Å². The molecule has 1 aliphatic heterocycles. The summed E-state index contributed by atoms with van der Waals surface area (Å²) in [6.07, 6.45) is 6.84. The first kappa shape index (κ1) is 22.9. The van der Waals surface area contributed by atoms with E-state index in [2.05, 4.69) is 6.92 Å². The summed E-state index contributed by atoms with van der Waals surface area (Å²) in [4.78, 5) is 12.1. The number of carbonyl (C=O) groups excluding carboxylic acids is 1. The first-order chi connectivity index (χ1) is 15.4. The molecule has 2 aromatic carbocycles. The molecule has 0 aromatic heterocycles. The Kier molecular flexibility index (Phi) is 6.92. The summed E-state index contributed by atoms with van der Waals surface area (Å²) in [6, 6.07) is 6.72. The minimum absolute atomic E-state index is 0.0266. The fourth-order valence-corrected chi connectivity index (χ4v) is 5.39. The normalized spacial score (nSPS) is 23.0. The second kappa shape index (κ2) is 9.68. The van der Waals surface area contributed by atoms with Crippen molar-refractivity contribution in [1.82, 2.24) is 0 Å². The number of hydrogen-bond acceptors (Lipinski definition) is 2. The van der Waals surface area contributed by atoms with Crippen LogP contribution in [0.2, 0.25) is 0 Å². The van der Waals surface area contributed by atoms with Gasteiger partial charge in [-0.25, -0.2) is 18.0 Å². The molecule has 32 heavy (non-hydrogen) atoms. The lowest BCUT2D eigenvalue weighted by Gasteiger charge is -2.29. The van der Waals surface area contributed by atoms with Crippen LogP contribution in [-0.2, 0) is 24.0 Å². The standard InChI is InChI=1S/C27H31F3O2/c1-3-4-17-5-7-18(8-6-17)22-14-13-20(25(29)26(22)30)10-9-19-11-12-21-15-16(2)32-27(31)23(21)24(19)28/h11-14,16-18H,3-10,15H2,1-2H3. The van der Waals surface area contributed by atoms with Crippen LogP contribution >= 0.6 is 0 Å². The van der Waals surface area contributed by atoms with E-state index in [1.165, 1.54) is 6.42 Å². The highest BCUT2D eigenvalue weighted by Crippen LogP contribution is 2.39. The number of esters is 1. The van der Waals surface area contributed by atoms with Crippen LogP contribution in [-0.4, -0.2) is 12.1 Å². The second-order valence-electron chi connectivity index (χ2n) is 9.44. The number of ether oxygens (including phenoxy) is 1. The van der Waals surface area contributed by atoms with E-state index in [4.69, 9.17) is 4.74 Å². The maximum atomic E-state index is 14.9. The van der Waals surface area contributed by atoms with E-state index >= 15 is 0 Å². The van der Waals surface area contributed by atoms with Crippen molar-refractivity contribution in [3.8, 4) is 0 Å². The van der Waals surface area contributed by atoms with Gasteiger partial charge in [-0.3, -0.25) is 0 Å². The molecule has 0 spiro atoms. The van der Waals surface area contributed by atoms with Crippen LogP contribution in [0, 0.1) is 23.4 Å². The minimum Gasteiger partial charge on any atom is -0.459 e. The highest BCUT2D eigenvalue weighted by molar-refractivity contribution is 5.92. The Labute approximate surface area is 188 Å². The fourth-order valence-electron chi connectivity index (χ4n) is 5.39. The molecular weight excluding hydrogens is 413 g/mol. The zero-order valence-corrected chi connectivity index (χ0v) is 18.9. The number of cyclic esters (lactones) is 1. The Morgan fingerprint density at radius 3 is 2.25 bits per heavy atom. The number of hydrogen-bond donors (Lipinski definition) is 0. The van der Waals surface area contributed by atoms with Crippen molar-refractivity contribution < 1.29 is 22.7 Å². The van der Waals surface area contributed by atoms with Crippen LogP contribution in [0.5, 0.6) is 0 Å². The number of carbonyl (C=O) groups is 1. The molecule has 0 saturated heterocycles. The van der Waals surface area contributed by atoms with E-state index in [9.17, 15) is 18.0 Å². The van der Waals surface area contributed by atoms with Crippen molar-refractivity contribution in [3.63, 3.8) is 0 Å². The molecule has 1 fully saturated rings. The third-order valence-corrected chi connectivity index (χ3v) is 7.17. The molecule has 2 aliphatic rings. The van der Waals surface area contributed by atoms with Gasteiger partial charge in [0, 0.05) is 6.42 Å². The van der Waals surface area contributed by atoms with Gasteiger partial charge in [0.1, 0.15) is 11.9 Å². The lowest BCUT2D eigenvalue weighted by atomic mass is 9.77. The molecule has 1 unspecified atom stereocenters. The van der Waals surface area contributed by atoms with Crippen LogP contribution in [0.3, 0.4) is 0 Å². The second-order valence-corrected chi connectivity index (χ2v) is 9.44. The lowest BCUT2D eigenvalue weighted by molar-refractivity contribution is 0.0294.